The molecule has 1 unspecified atom stereocenters. The zero-order valence-electron chi connectivity index (χ0n) is 16.8. The molecular formula is C24H21N3O4. The normalized spacial score (nSPS) is 18.4. The fourth-order valence-corrected chi connectivity index (χ4v) is 4.57. The largest absolute Gasteiger partial charge is 0.463 e. The molecule has 1 saturated carbocycles. The van der Waals surface area contributed by atoms with Gasteiger partial charge in [0.25, 0.3) is 11.6 Å². The van der Waals surface area contributed by atoms with E-state index >= 15 is 0 Å². The first kappa shape index (κ1) is 18.3. The molecule has 1 aliphatic heterocycles. The van der Waals surface area contributed by atoms with Crippen LogP contribution in [0.2, 0.25) is 0 Å². The third kappa shape index (κ3) is 2.96. The van der Waals surface area contributed by atoms with Crippen molar-refractivity contribution in [1.29, 1.82) is 0 Å². The van der Waals surface area contributed by atoms with Gasteiger partial charge in [0.15, 0.2) is 5.76 Å². The van der Waals surface area contributed by atoms with E-state index in [0.717, 1.165) is 30.5 Å². The van der Waals surface area contributed by atoms with Crippen LogP contribution in [0.4, 0.5) is 0 Å². The van der Waals surface area contributed by atoms with Crippen molar-refractivity contribution in [2.75, 3.05) is 13.2 Å². The van der Waals surface area contributed by atoms with Gasteiger partial charge in [-0.1, -0.05) is 29.4 Å². The molecule has 0 spiro atoms. The second-order valence-electron chi connectivity index (χ2n) is 8.20. The molecule has 0 bridgehead atoms. The molecule has 3 aromatic heterocycles. The maximum absolute atomic E-state index is 13.9. The molecule has 0 radical (unpaired) electrons. The van der Waals surface area contributed by atoms with E-state index in [0.29, 0.717) is 40.6 Å². The van der Waals surface area contributed by atoms with Crippen molar-refractivity contribution in [3.05, 3.63) is 71.1 Å². The minimum atomic E-state index is -0.392. The first-order valence-corrected chi connectivity index (χ1v) is 10.6. The van der Waals surface area contributed by atoms with Gasteiger partial charge >= 0.3 is 0 Å². The van der Waals surface area contributed by atoms with Gasteiger partial charge in [-0.2, -0.15) is 0 Å². The molecule has 156 valence electrons. The number of carbonyl (C=O) groups excluding carboxylic acids is 1. The SMILES string of the molecule is O=C(c1cc(-c2ccco2)nc2onc(C3CC3)c12)N1CCc2ccccc2C1CO. The quantitative estimate of drug-likeness (QED) is 0.540. The molecule has 2 aliphatic rings. The molecule has 0 saturated heterocycles. The smallest absolute Gasteiger partial charge is 0.259 e. The minimum Gasteiger partial charge on any atom is -0.463 e. The highest BCUT2D eigenvalue weighted by molar-refractivity contribution is 6.07. The monoisotopic (exact) mass is 415 g/mol. The summed E-state index contributed by atoms with van der Waals surface area (Å²) in [6.07, 6.45) is 4.38. The Kier molecular flexibility index (Phi) is 4.17. The summed E-state index contributed by atoms with van der Waals surface area (Å²) in [5.41, 5.74) is 4.33. The van der Waals surface area contributed by atoms with E-state index in [1.807, 2.05) is 18.2 Å². The number of aromatic nitrogens is 2. The molecule has 1 amide bonds. The molecule has 1 atom stereocenters. The molecular weight excluding hydrogens is 394 g/mol. The van der Waals surface area contributed by atoms with Crippen molar-refractivity contribution in [3.63, 3.8) is 0 Å². The summed E-state index contributed by atoms with van der Waals surface area (Å²) in [6, 6.07) is 12.9. The van der Waals surface area contributed by atoms with Gasteiger partial charge in [0.05, 0.1) is 35.6 Å². The van der Waals surface area contributed by atoms with Crippen LogP contribution >= 0.6 is 0 Å². The number of fused-ring (bicyclic) bond motifs is 2. The third-order valence-electron chi connectivity index (χ3n) is 6.29. The summed E-state index contributed by atoms with van der Waals surface area (Å²) in [6.45, 7) is 0.395. The molecule has 1 aromatic carbocycles. The topological polar surface area (TPSA) is 92.6 Å². The lowest BCUT2D eigenvalue weighted by molar-refractivity contribution is 0.0570. The molecule has 7 nitrogen and oxygen atoms in total. The Bertz CT molecular complexity index is 1270. The first-order chi connectivity index (χ1) is 15.2. The van der Waals surface area contributed by atoms with Crippen LogP contribution in [0.1, 0.15) is 52.0 Å². The van der Waals surface area contributed by atoms with Gasteiger partial charge in [-0.05, 0) is 48.6 Å². The van der Waals surface area contributed by atoms with E-state index in [1.54, 1.807) is 29.4 Å². The molecule has 31 heavy (non-hydrogen) atoms. The summed E-state index contributed by atoms with van der Waals surface area (Å²) in [5, 5.41) is 15.1. The van der Waals surface area contributed by atoms with Gasteiger partial charge in [0.1, 0.15) is 5.69 Å². The molecule has 4 aromatic rings. The average Bonchev–Trinajstić information content (AvgIpc) is 3.33. The lowest BCUT2D eigenvalue weighted by Gasteiger charge is -2.36. The summed E-state index contributed by atoms with van der Waals surface area (Å²) in [4.78, 5) is 20.2. The van der Waals surface area contributed by atoms with Gasteiger partial charge in [-0.15, -0.1) is 0 Å². The van der Waals surface area contributed by atoms with Crippen LogP contribution in [0.25, 0.3) is 22.6 Å². The molecule has 7 heteroatoms. The number of aliphatic hydroxyl groups is 1. The second-order valence-corrected chi connectivity index (χ2v) is 8.20. The number of nitrogens with zero attached hydrogens (tertiary/aromatic N) is 3. The predicted molar refractivity (Wildman–Crippen MR) is 112 cm³/mol. The Morgan fingerprint density at radius 2 is 2.06 bits per heavy atom. The maximum atomic E-state index is 13.9. The van der Waals surface area contributed by atoms with E-state index in [9.17, 15) is 9.90 Å². The Morgan fingerprint density at radius 3 is 2.84 bits per heavy atom. The van der Waals surface area contributed by atoms with Crippen molar-refractivity contribution >= 4 is 17.0 Å². The van der Waals surface area contributed by atoms with Crippen LogP contribution < -0.4 is 0 Å². The number of carbonyl (C=O) groups is 1. The van der Waals surface area contributed by atoms with Gasteiger partial charge in [0.2, 0.25) is 0 Å². The highest BCUT2D eigenvalue weighted by Gasteiger charge is 2.36. The summed E-state index contributed by atoms with van der Waals surface area (Å²) >= 11 is 0. The van der Waals surface area contributed by atoms with Gasteiger partial charge in [0, 0.05) is 12.5 Å². The number of hydrogen-bond acceptors (Lipinski definition) is 6. The van der Waals surface area contributed by atoms with E-state index in [4.69, 9.17) is 8.94 Å². The predicted octanol–water partition coefficient (Wildman–Crippen LogP) is 4.09. The molecule has 4 heterocycles. The lowest BCUT2D eigenvalue weighted by atomic mass is 9.92. The number of amides is 1. The summed E-state index contributed by atoms with van der Waals surface area (Å²) in [5.74, 6) is 0.710. The van der Waals surface area contributed by atoms with Crippen LogP contribution in [-0.2, 0) is 6.42 Å². The number of benzene rings is 1. The Morgan fingerprint density at radius 1 is 1.19 bits per heavy atom. The first-order valence-electron chi connectivity index (χ1n) is 10.6. The number of aliphatic hydroxyl groups excluding tert-OH is 1. The third-order valence-corrected chi connectivity index (χ3v) is 6.29. The van der Waals surface area contributed by atoms with Crippen LogP contribution in [-0.4, -0.2) is 39.2 Å². The maximum Gasteiger partial charge on any atom is 0.259 e. The van der Waals surface area contributed by atoms with E-state index in [2.05, 4.69) is 16.2 Å². The van der Waals surface area contributed by atoms with E-state index in [1.165, 1.54) is 5.56 Å². The van der Waals surface area contributed by atoms with E-state index < -0.39 is 6.04 Å². The number of hydrogen-bond donors (Lipinski definition) is 1. The number of furan rings is 1. The van der Waals surface area contributed by atoms with Crippen LogP contribution in [0.15, 0.2) is 57.7 Å². The Labute approximate surface area is 178 Å². The standard InChI is InChI=1S/C24H21N3O4/c28-13-19-16-5-2-1-4-14(16)9-10-27(19)24(29)17-12-18(20-6-3-11-30-20)25-23-21(17)22(26-31-23)15-7-8-15/h1-6,11-12,15,19,28H,7-10,13H2. The fourth-order valence-electron chi connectivity index (χ4n) is 4.57. The summed E-state index contributed by atoms with van der Waals surface area (Å²) < 4.78 is 11.1. The van der Waals surface area contributed by atoms with Crippen molar-refractivity contribution in [2.24, 2.45) is 0 Å². The molecule has 1 N–H and O–H groups in total. The highest BCUT2D eigenvalue weighted by Crippen LogP contribution is 2.44. The lowest BCUT2D eigenvalue weighted by Crippen LogP contribution is -2.41. The zero-order chi connectivity index (χ0) is 20.9. The minimum absolute atomic E-state index is 0.138. The molecule has 1 fully saturated rings. The van der Waals surface area contributed by atoms with Gasteiger partial charge < -0.3 is 18.9 Å². The van der Waals surface area contributed by atoms with Crippen molar-refractivity contribution in [2.45, 2.75) is 31.2 Å². The van der Waals surface area contributed by atoms with E-state index in [-0.39, 0.29) is 12.5 Å². The average molecular weight is 415 g/mol. The van der Waals surface area contributed by atoms with Crippen LogP contribution in [0.3, 0.4) is 0 Å². The Balaban J connectivity index is 1.50. The number of pyridine rings is 1. The second kappa shape index (κ2) is 7.06. The van der Waals surface area contributed by atoms with Crippen LogP contribution in [0.5, 0.6) is 0 Å². The summed E-state index contributed by atoms with van der Waals surface area (Å²) in [7, 11) is 0. The van der Waals surface area contributed by atoms with Gasteiger partial charge in [-0.3, -0.25) is 4.79 Å². The van der Waals surface area contributed by atoms with Crippen molar-refractivity contribution in [1.82, 2.24) is 15.0 Å². The Hall–Kier alpha value is -3.45. The zero-order valence-corrected chi connectivity index (χ0v) is 16.8. The van der Waals surface area contributed by atoms with Crippen molar-refractivity contribution < 1.29 is 18.8 Å². The molecule has 6 rings (SSSR count). The fraction of sp³-hybridized carbons (Fsp3) is 0.292. The van der Waals surface area contributed by atoms with Gasteiger partial charge in [-0.25, -0.2) is 4.98 Å². The highest BCUT2D eigenvalue weighted by atomic mass is 16.5. The van der Waals surface area contributed by atoms with Crippen molar-refractivity contribution in [3.8, 4) is 11.5 Å². The van der Waals surface area contributed by atoms with Crippen LogP contribution in [0, 0.1) is 0 Å². The molecule has 1 aliphatic carbocycles. The number of rotatable bonds is 4.